The van der Waals surface area contributed by atoms with Crippen LogP contribution in [0.4, 0.5) is 0 Å². The van der Waals surface area contributed by atoms with Crippen LogP contribution in [0.3, 0.4) is 0 Å². The molecule has 1 aliphatic carbocycles. The number of rotatable bonds is 4. The summed E-state index contributed by atoms with van der Waals surface area (Å²) in [6.45, 7) is 2.97. The van der Waals surface area contributed by atoms with Crippen LogP contribution < -0.4 is 0 Å². The molecule has 26 heavy (non-hydrogen) atoms. The number of hydrogen-bond donors (Lipinski definition) is 0. The quantitative estimate of drug-likeness (QED) is 0.716. The molecule has 1 saturated heterocycles. The highest BCUT2D eigenvalue weighted by Gasteiger charge is 2.54. The first-order chi connectivity index (χ1) is 12.8. The molecule has 4 heterocycles. The molecule has 0 amide bonds. The molecule has 1 saturated carbocycles. The molecule has 3 aromatic rings. The average Bonchev–Trinajstić information content (AvgIpc) is 3.37. The van der Waals surface area contributed by atoms with Gasteiger partial charge in [-0.2, -0.15) is 4.98 Å². The highest BCUT2D eigenvalue weighted by molar-refractivity contribution is 5.46. The Kier molecular flexibility index (Phi) is 3.74. The number of likely N-dealkylation sites (tertiary alicyclic amines) is 1. The predicted octanol–water partition coefficient (Wildman–Crippen LogP) is 2.48. The summed E-state index contributed by atoms with van der Waals surface area (Å²) in [5.74, 6) is 1.86. The molecule has 0 spiro atoms. The summed E-state index contributed by atoms with van der Waals surface area (Å²) in [4.78, 5) is 19.7. The van der Waals surface area contributed by atoms with E-state index < -0.39 is 0 Å². The van der Waals surface area contributed by atoms with Gasteiger partial charge in [-0.1, -0.05) is 11.6 Å². The summed E-state index contributed by atoms with van der Waals surface area (Å²) >= 11 is 0. The van der Waals surface area contributed by atoms with Gasteiger partial charge in [0.15, 0.2) is 0 Å². The van der Waals surface area contributed by atoms with Gasteiger partial charge >= 0.3 is 0 Å². The molecule has 132 valence electrons. The SMILES string of the molecule is c1cc(CN2C[C@H]3CCC[C@@]3(c3nc(-c4cnccn4)no3)C2)ccn1. The molecule has 7 nitrogen and oxygen atoms in total. The second kappa shape index (κ2) is 6.25. The summed E-state index contributed by atoms with van der Waals surface area (Å²) in [6, 6.07) is 4.17. The molecule has 3 aromatic heterocycles. The Hall–Kier alpha value is -2.67. The van der Waals surface area contributed by atoms with Gasteiger partial charge in [0, 0.05) is 44.4 Å². The van der Waals surface area contributed by atoms with Crippen molar-refractivity contribution in [2.24, 2.45) is 5.92 Å². The zero-order valence-corrected chi connectivity index (χ0v) is 14.5. The lowest BCUT2D eigenvalue weighted by Gasteiger charge is -2.24. The van der Waals surface area contributed by atoms with Crippen LogP contribution in [0.5, 0.6) is 0 Å². The average molecular weight is 348 g/mol. The fourth-order valence-corrected chi connectivity index (χ4v) is 4.55. The molecule has 0 radical (unpaired) electrons. The molecule has 2 atom stereocenters. The second-order valence-corrected chi connectivity index (χ2v) is 7.28. The zero-order valence-electron chi connectivity index (χ0n) is 14.5. The van der Waals surface area contributed by atoms with Crippen molar-refractivity contribution in [3.8, 4) is 11.5 Å². The van der Waals surface area contributed by atoms with Crippen molar-refractivity contribution in [3.05, 3.63) is 54.6 Å². The molecular formula is C19H20N6O. The maximum absolute atomic E-state index is 5.74. The minimum atomic E-state index is -0.0273. The van der Waals surface area contributed by atoms with Gasteiger partial charge in [0.1, 0.15) is 5.69 Å². The molecule has 2 fully saturated rings. The number of hydrogen-bond acceptors (Lipinski definition) is 7. The van der Waals surface area contributed by atoms with Crippen LogP contribution >= 0.6 is 0 Å². The normalized spacial score (nSPS) is 25.5. The largest absolute Gasteiger partial charge is 0.338 e. The first kappa shape index (κ1) is 15.6. The molecule has 1 aliphatic heterocycles. The van der Waals surface area contributed by atoms with Gasteiger partial charge in [0.25, 0.3) is 0 Å². The van der Waals surface area contributed by atoms with Crippen molar-refractivity contribution in [2.75, 3.05) is 13.1 Å². The van der Waals surface area contributed by atoms with Crippen LogP contribution in [0, 0.1) is 5.92 Å². The Morgan fingerprint density at radius 2 is 2.08 bits per heavy atom. The molecule has 0 unspecified atom stereocenters. The molecule has 7 heteroatoms. The molecule has 0 N–H and O–H groups in total. The summed E-state index contributed by atoms with van der Waals surface area (Å²) in [5, 5.41) is 4.18. The van der Waals surface area contributed by atoms with E-state index in [1.165, 1.54) is 18.4 Å². The number of pyridine rings is 1. The van der Waals surface area contributed by atoms with Crippen LogP contribution in [0.1, 0.15) is 30.7 Å². The highest BCUT2D eigenvalue weighted by atomic mass is 16.5. The van der Waals surface area contributed by atoms with E-state index in [2.05, 4.69) is 37.1 Å². The highest BCUT2D eigenvalue weighted by Crippen LogP contribution is 2.50. The second-order valence-electron chi connectivity index (χ2n) is 7.28. The van der Waals surface area contributed by atoms with Crippen LogP contribution in [0.15, 0.2) is 47.6 Å². The lowest BCUT2D eigenvalue weighted by molar-refractivity contribution is 0.245. The first-order valence-corrected chi connectivity index (χ1v) is 9.05. The Morgan fingerprint density at radius 3 is 2.92 bits per heavy atom. The van der Waals surface area contributed by atoms with E-state index in [1.54, 1.807) is 18.6 Å². The zero-order chi connectivity index (χ0) is 17.4. The maximum Gasteiger partial charge on any atom is 0.234 e. The Balaban J connectivity index is 1.41. The Bertz CT molecular complexity index is 883. The third-order valence-electron chi connectivity index (χ3n) is 5.74. The van der Waals surface area contributed by atoms with Crippen molar-refractivity contribution in [3.63, 3.8) is 0 Å². The molecular weight excluding hydrogens is 328 g/mol. The van der Waals surface area contributed by atoms with E-state index >= 15 is 0 Å². The lowest BCUT2D eigenvalue weighted by atomic mass is 9.80. The first-order valence-electron chi connectivity index (χ1n) is 9.05. The van der Waals surface area contributed by atoms with Gasteiger partial charge in [-0.15, -0.1) is 0 Å². The van der Waals surface area contributed by atoms with Gasteiger partial charge in [-0.05, 0) is 36.5 Å². The standard InChI is InChI=1S/C19H20N6O/c1-2-15-12-25(11-14-3-6-20-7-4-14)13-19(15,5-1)18-23-17(24-26-18)16-10-21-8-9-22-16/h3-4,6-10,15H,1-2,5,11-13H2/t15-,19-/m1/s1. The van der Waals surface area contributed by atoms with Crippen LogP contribution in [0.2, 0.25) is 0 Å². The minimum Gasteiger partial charge on any atom is -0.338 e. The van der Waals surface area contributed by atoms with E-state index in [4.69, 9.17) is 9.51 Å². The molecule has 2 aliphatic rings. The summed E-state index contributed by atoms with van der Waals surface area (Å²) in [6.07, 6.45) is 12.2. The maximum atomic E-state index is 5.74. The van der Waals surface area contributed by atoms with Gasteiger partial charge in [0.2, 0.25) is 11.7 Å². The van der Waals surface area contributed by atoms with E-state index in [0.717, 1.165) is 31.9 Å². The Morgan fingerprint density at radius 1 is 1.15 bits per heavy atom. The van der Waals surface area contributed by atoms with E-state index in [9.17, 15) is 0 Å². The molecule has 0 aromatic carbocycles. The van der Waals surface area contributed by atoms with Gasteiger partial charge in [0.05, 0.1) is 11.6 Å². The number of aromatic nitrogens is 5. The van der Waals surface area contributed by atoms with Crippen molar-refractivity contribution < 1.29 is 4.52 Å². The van der Waals surface area contributed by atoms with Crippen LogP contribution in [0.25, 0.3) is 11.5 Å². The predicted molar refractivity (Wildman–Crippen MR) is 93.9 cm³/mol. The van der Waals surface area contributed by atoms with Crippen LogP contribution in [-0.2, 0) is 12.0 Å². The van der Waals surface area contributed by atoms with Gasteiger partial charge in [-0.3, -0.25) is 14.9 Å². The van der Waals surface area contributed by atoms with E-state index in [0.29, 0.717) is 17.4 Å². The lowest BCUT2D eigenvalue weighted by Crippen LogP contribution is -2.32. The molecule has 5 rings (SSSR count). The van der Waals surface area contributed by atoms with Crippen molar-refractivity contribution in [1.29, 1.82) is 0 Å². The topological polar surface area (TPSA) is 80.8 Å². The third kappa shape index (κ3) is 2.59. The third-order valence-corrected chi connectivity index (χ3v) is 5.74. The number of nitrogens with zero attached hydrogens (tertiary/aromatic N) is 6. The monoisotopic (exact) mass is 348 g/mol. The van der Waals surface area contributed by atoms with E-state index in [1.807, 2.05) is 12.4 Å². The summed E-state index contributed by atoms with van der Waals surface area (Å²) in [5.41, 5.74) is 1.92. The summed E-state index contributed by atoms with van der Waals surface area (Å²) in [7, 11) is 0. The fourth-order valence-electron chi connectivity index (χ4n) is 4.55. The fraction of sp³-hybridized carbons (Fsp3) is 0.421. The smallest absolute Gasteiger partial charge is 0.234 e. The number of fused-ring (bicyclic) bond motifs is 1. The van der Waals surface area contributed by atoms with Crippen molar-refractivity contribution >= 4 is 0 Å². The van der Waals surface area contributed by atoms with E-state index in [-0.39, 0.29) is 5.41 Å². The minimum absolute atomic E-state index is 0.0273. The van der Waals surface area contributed by atoms with Crippen LogP contribution in [-0.4, -0.2) is 43.1 Å². The van der Waals surface area contributed by atoms with Gasteiger partial charge in [-0.25, -0.2) is 4.98 Å². The Labute approximate surface area is 151 Å². The van der Waals surface area contributed by atoms with Crippen molar-refractivity contribution in [1.82, 2.24) is 30.0 Å². The molecule has 0 bridgehead atoms. The van der Waals surface area contributed by atoms with Gasteiger partial charge < -0.3 is 4.52 Å². The van der Waals surface area contributed by atoms with Crippen molar-refractivity contribution in [2.45, 2.75) is 31.2 Å². The summed E-state index contributed by atoms with van der Waals surface area (Å²) < 4.78 is 5.74.